The molecule has 0 fully saturated rings. The van der Waals surface area contributed by atoms with E-state index in [1.165, 1.54) is 18.2 Å². The monoisotopic (exact) mass is 535 g/mol. The number of hydrogen-bond donors (Lipinski definition) is 1. The Labute approximate surface area is 184 Å². The lowest BCUT2D eigenvalue weighted by Gasteiger charge is -2.19. The number of halogens is 9. The average Bonchev–Trinajstić information content (AvgIpc) is 2.70. The smallest absolute Gasteiger partial charge is 0.340 e. The summed E-state index contributed by atoms with van der Waals surface area (Å²) >= 11 is 3.16. The lowest BCUT2D eigenvalue weighted by atomic mass is 10.2. The first-order valence-electron chi connectivity index (χ1n) is 8.60. The van der Waals surface area contributed by atoms with Gasteiger partial charge in [0.1, 0.15) is 11.5 Å². The average molecular weight is 536 g/mol. The third-order valence-corrected chi connectivity index (χ3v) is 4.22. The van der Waals surface area contributed by atoms with E-state index in [1.807, 2.05) is 0 Å². The number of benzene rings is 2. The molecule has 0 unspecified atom stereocenters. The van der Waals surface area contributed by atoms with Crippen molar-refractivity contribution < 1.29 is 49.4 Å². The van der Waals surface area contributed by atoms with E-state index in [4.69, 9.17) is 0 Å². The molecule has 0 bridgehead atoms. The number of anilines is 1. The van der Waals surface area contributed by atoms with Crippen LogP contribution in [0.5, 0.6) is 11.5 Å². The number of carbonyl (C=O) groups excluding carboxylic acids is 1. The topological polar surface area (TPSA) is 47.6 Å². The van der Waals surface area contributed by atoms with E-state index >= 15 is 0 Å². The fourth-order valence-corrected chi connectivity index (χ4v) is 2.53. The molecule has 0 saturated heterocycles. The summed E-state index contributed by atoms with van der Waals surface area (Å²) in [6, 6.07) is 8.64. The van der Waals surface area contributed by atoms with Gasteiger partial charge in [0, 0.05) is 33.9 Å². The zero-order valence-electron chi connectivity index (χ0n) is 15.7. The van der Waals surface area contributed by atoms with Gasteiger partial charge in [-0.25, -0.2) is 17.6 Å². The minimum Gasteiger partial charge on any atom is -0.487 e. The molecule has 0 atom stereocenters. The second-order valence-electron chi connectivity index (χ2n) is 6.36. The van der Waals surface area contributed by atoms with Crippen LogP contribution in [-0.2, 0) is 0 Å². The zero-order valence-corrected chi connectivity index (χ0v) is 17.3. The molecule has 4 nitrogen and oxygen atoms in total. The predicted octanol–water partition coefficient (Wildman–Crippen LogP) is 6.26. The quantitative estimate of drug-likeness (QED) is 0.365. The molecule has 13 heteroatoms. The molecule has 0 radical (unpaired) electrons. The van der Waals surface area contributed by atoms with Crippen LogP contribution in [-0.4, -0.2) is 43.8 Å². The number of nitrogens with one attached hydrogen (secondary N) is 1. The number of hydrogen-bond acceptors (Lipinski definition) is 3. The molecule has 0 aliphatic heterocycles. The van der Waals surface area contributed by atoms with Gasteiger partial charge in [0.15, 0.2) is 13.2 Å². The van der Waals surface area contributed by atoms with Crippen molar-refractivity contribution in [3.8, 4) is 11.5 Å². The summed E-state index contributed by atoms with van der Waals surface area (Å²) in [7, 11) is 0. The van der Waals surface area contributed by atoms with Crippen molar-refractivity contribution in [2.24, 2.45) is 0 Å². The van der Waals surface area contributed by atoms with Gasteiger partial charge in [-0.15, -0.1) is 0 Å². The summed E-state index contributed by atoms with van der Waals surface area (Å²) in [4.78, 5) is 12.3. The Kier molecular flexibility index (Phi) is 8.32. The van der Waals surface area contributed by atoms with E-state index in [2.05, 4.69) is 30.7 Å². The van der Waals surface area contributed by atoms with Crippen LogP contribution in [0.3, 0.4) is 0 Å². The Hall–Kier alpha value is -2.57. The highest BCUT2D eigenvalue weighted by atomic mass is 79.9. The third-order valence-electron chi connectivity index (χ3n) is 3.73. The molecule has 2 aromatic carbocycles. The van der Waals surface area contributed by atoms with Crippen molar-refractivity contribution >= 4 is 27.5 Å². The summed E-state index contributed by atoms with van der Waals surface area (Å²) in [5.41, 5.74) is -0.0789. The zero-order chi connectivity index (χ0) is 24.1. The highest BCUT2D eigenvalue weighted by molar-refractivity contribution is 9.10. The van der Waals surface area contributed by atoms with E-state index in [0.29, 0.717) is 4.47 Å². The second kappa shape index (κ2) is 10.4. The summed E-state index contributed by atoms with van der Waals surface area (Å²) in [6.07, 6.45) is -8.08. The molecule has 0 aromatic heterocycles. The normalized spacial score (nSPS) is 12.2. The van der Waals surface area contributed by atoms with Gasteiger partial charge in [0.25, 0.3) is 5.91 Å². The van der Waals surface area contributed by atoms with E-state index in [0.717, 1.165) is 18.2 Å². The summed E-state index contributed by atoms with van der Waals surface area (Å²) in [5.74, 6) is -10.9. The molecular formula is C19H14BrF8NO3. The van der Waals surface area contributed by atoms with Gasteiger partial charge in [0.05, 0.1) is 0 Å². The molecule has 0 spiro atoms. The summed E-state index contributed by atoms with van der Waals surface area (Å²) < 4.78 is 112. The SMILES string of the molecule is O=C(Nc1cc(OCC(F)(F)C(F)F)cc(OCC(F)(F)C(F)F)c1)c1cccc(Br)c1. The van der Waals surface area contributed by atoms with Gasteiger partial charge in [-0.05, 0) is 18.2 Å². The van der Waals surface area contributed by atoms with Crippen LogP contribution in [0.2, 0.25) is 0 Å². The Morgan fingerprint density at radius 3 is 1.81 bits per heavy atom. The van der Waals surface area contributed by atoms with Gasteiger partial charge in [-0.3, -0.25) is 4.79 Å². The van der Waals surface area contributed by atoms with Gasteiger partial charge in [-0.2, -0.15) is 17.6 Å². The standard InChI is InChI=1S/C19H14BrF8NO3/c20-11-3-1-2-10(4-11)15(30)29-12-5-13(31-8-18(25,26)16(21)22)7-14(6-12)32-9-19(27,28)17(23)24/h1-7,16-17H,8-9H2,(H,29,30). The number of ether oxygens (including phenoxy) is 2. The fraction of sp³-hybridized carbons (Fsp3) is 0.316. The predicted molar refractivity (Wildman–Crippen MR) is 101 cm³/mol. The Bertz CT molecular complexity index is 900. The number of alkyl halides is 8. The molecule has 0 aliphatic carbocycles. The molecule has 32 heavy (non-hydrogen) atoms. The molecular weight excluding hydrogens is 522 g/mol. The van der Waals surface area contributed by atoms with Crippen molar-refractivity contribution in [3.63, 3.8) is 0 Å². The maximum atomic E-state index is 13.1. The molecule has 1 amide bonds. The van der Waals surface area contributed by atoms with Crippen molar-refractivity contribution in [1.29, 1.82) is 0 Å². The lowest BCUT2D eigenvalue weighted by molar-refractivity contribution is -0.149. The van der Waals surface area contributed by atoms with Gasteiger partial charge >= 0.3 is 24.7 Å². The number of amides is 1. The van der Waals surface area contributed by atoms with Gasteiger partial charge in [0.2, 0.25) is 0 Å². The number of rotatable bonds is 10. The van der Waals surface area contributed by atoms with E-state index in [1.54, 1.807) is 6.07 Å². The highest BCUT2D eigenvalue weighted by Crippen LogP contribution is 2.31. The lowest BCUT2D eigenvalue weighted by Crippen LogP contribution is -2.34. The van der Waals surface area contributed by atoms with E-state index in [-0.39, 0.29) is 11.3 Å². The first-order chi connectivity index (χ1) is 14.8. The van der Waals surface area contributed by atoms with E-state index < -0.39 is 55.3 Å². The maximum absolute atomic E-state index is 13.1. The van der Waals surface area contributed by atoms with Crippen molar-refractivity contribution in [2.45, 2.75) is 24.7 Å². The first kappa shape index (κ1) is 25.7. The third kappa shape index (κ3) is 7.24. The van der Waals surface area contributed by atoms with Crippen LogP contribution >= 0.6 is 15.9 Å². The maximum Gasteiger partial charge on any atom is 0.340 e. The summed E-state index contributed by atoms with van der Waals surface area (Å²) in [5, 5.41) is 2.31. The van der Waals surface area contributed by atoms with E-state index in [9.17, 15) is 39.9 Å². The minimum absolute atomic E-state index is 0.140. The van der Waals surface area contributed by atoms with Gasteiger partial charge in [-0.1, -0.05) is 22.0 Å². The Balaban J connectivity index is 2.27. The first-order valence-corrected chi connectivity index (χ1v) is 9.39. The fourth-order valence-electron chi connectivity index (χ4n) is 2.13. The molecule has 2 rings (SSSR count). The molecule has 0 aliphatic rings. The molecule has 0 heterocycles. The molecule has 176 valence electrons. The molecule has 0 saturated carbocycles. The van der Waals surface area contributed by atoms with Crippen LogP contribution in [0, 0.1) is 0 Å². The van der Waals surface area contributed by atoms with Crippen LogP contribution in [0.15, 0.2) is 46.9 Å². The minimum atomic E-state index is -4.53. The molecule has 1 N–H and O–H groups in total. The van der Waals surface area contributed by atoms with Crippen molar-refractivity contribution in [3.05, 3.63) is 52.5 Å². The van der Waals surface area contributed by atoms with Crippen molar-refractivity contribution in [1.82, 2.24) is 0 Å². The number of carbonyl (C=O) groups is 1. The van der Waals surface area contributed by atoms with Crippen LogP contribution < -0.4 is 14.8 Å². The summed E-state index contributed by atoms with van der Waals surface area (Å²) in [6.45, 7) is -3.55. The largest absolute Gasteiger partial charge is 0.487 e. The van der Waals surface area contributed by atoms with Gasteiger partial charge < -0.3 is 14.8 Å². The Morgan fingerprint density at radius 2 is 1.38 bits per heavy atom. The van der Waals surface area contributed by atoms with Crippen LogP contribution in [0.1, 0.15) is 10.4 Å². The highest BCUT2D eigenvalue weighted by Gasteiger charge is 2.42. The second-order valence-corrected chi connectivity index (χ2v) is 7.27. The van der Waals surface area contributed by atoms with Crippen LogP contribution in [0.25, 0.3) is 0 Å². The van der Waals surface area contributed by atoms with Crippen LogP contribution in [0.4, 0.5) is 40.8 Å². The van der Waals surface area contributed by atoms with Crippen molar-refractivity contribution in [2.75, 3.05) is 18.5 Å². The Morgan fingerprint density at radius 1 is 0.875 bits per heavy atom. The molecule has 2 aromatic rings.